The lowest BCUT2D eigenvalue weighted by Crippen LogP contribution is -2.40. The van der Waals surface area contributed by atoms with Crippen molar-refractivity contribution in [1.29, 1.82) is 0 Å². The van der Waals surface area contributed by atoms with Crippen molar-refractivity contribution in [1.82, 2.24) is 19.8 Å². The first kappa shape index (κ1) is 15.4. The molecule has 6 heteroatoms. The molecule has 2 heterocycles. The SMILES string of the molecule is COc1cccc(C2CCCN2C(=O)NCCn2ccnc2)c1. The van der Waals surface area contributed by atoms with Crippen LogP contribution in [0.4, 0.5) is 4.79 Å². The number of hydrogen-bond donors (Lipinski definition) is 1. The van der Waals surface area contributed by atoms with Gasteiger partial charge in [-0.2, -0.15) is 0 Å². The molecule has 1 aromatic heterocycles. The van der Waals surface area contributed by atoms with E-state index < -0.39 is 0 Å². The van der Waals surface area contributed by atoms with E-state index in [9.17, 15) is 4.79 Å². The summed E-state index contributed by atoms with van der Waals surface area (Å²) in [4.78, 5) is 18.4. The molecule has 0 aliphatic carbocycles. The first-order valence-electron chi connectivity index (χ1n) is 7.92. The van der Waals surface area contributed by atoms with Crippen molar-refractivity contribution in [2.75, 3.05) is 20.2 Å². The van der Waals surface area contributed by atoms with E-state index >= 15 is 0 Å². The average molecular weight is 314 g/mol. The summed E-state index contributed by atoms with van der Waals surface area (Å²) in [7, 11) is 1.66. The molecule has 1 N–H and O–H groups in total. The molecule has 1 aliphatic heterocycles. The smallest absolute Gasteiger partial charge is 0.317 e. The summed E-state index contributed by atoms with van der Waals surface area (Å²) in [6.07, 6.45) is 7.39. The van der Waals surface area contributed by atoms with Crippen LogP contribution in [0.1, 0.15) is 24.4 Å². The Morgan fingerprint density at radius 3 is 3.17 bits per heavy atom. The Balaban J connectivity index is 1.60. The van der Waals surface area contributed by atoms with E-state index in [0.29, 0.717) is 6.54 Å². The quantitative estimate of drug-likeness (QED) is 0.922. The van der Waals surface area contributed by atoms with E-state index in [1.165, 1.54) is 0 Å². The van der Waals surface area contributed by atoms with Gasteiger partial charge in [-0.3, -0.25) is 0 Å². The fraction of sp³-hybridized carbons (Fsp3) is 0.412. The number of carbonyl (C=O) groups is 1. The summed E-state index contributed by atoms with van der Waals surface area (Å²) < 4.78 is 7.24. The number of ether oxygens (including phenoxy) is 1. The zero-order valence-corrected chi connectivity index (χ0v) is 13.3. The molecule has 1 saturated heterocycles. The van der Waals surface area contributed by atoms with Crippen molar-refractivity contribution in [3.63, 3.8) is 0 Å². The summed E-state index contributed by atoms with van der Waals surface area (Å²) >= 11 is 0. The van der Waals surface area contributed by atoms with E-state index in [4.69, 9.17) is 4.74 Å². The van der Waals surface area contributed by atoms with Crippen molar-refractivity contribution in [2.45, 2.75) is 25.4 Å². The van der Waals surface area contributed by atoms with Gasteiger partial charge in [0.1, 0.15) is 5.75 Å². The zero-order valence-electron chi connectivity index (χ0n) is 13.3. The van der Waals surface area contributed by atoms with Crippen molar-refractivity contribution >= 4 is 6.03 Å². The highest BCUT2D eigenvalue weighted by molar-refractivity contribution is 5.75. The molecule has 122 valence electrons. The Kier molecular flexibility index (Phi) is 4.80. The molecule has 0 radical (unpaired) electrons. The number of methoxy groups -OCH3 is 1. The van der Waals surface area contributed by atoms with Crippen molar-refractivity contribution in [3.8, 4) is 5.75 Å². The molecule has 1 aromatic carbocycles. The minimum absolute atomic E-state index is 0.00423. The second-order valence-corrected chi connectivity index (χ2v) is 5.66. The van der Waals surface area contributed by atoms with Gasteiger partial charge in [0, 0.05) is 32.0 Å². The maximum atomic E-state index is 12.5. The molecule has 0 bridgehead atoms. The first-order chi connectivity index (χ1) is 11.3. The lowest BCUT2D eigenvalue weighted by Gasteiger charge is -2.25. The topological polar surface area (TPSA) is 59.4 Å². The predicted molar refractivity (Wildman–Crippen MR) is 87.3 cm³/mol. The van der Waals surface area contributed by atoms with Crippen LogP contribution in [0.3, 0.4) is 0 Å². The molecule has 1 unspecified atom stereocenters. The molecule has 1 atom stereocenters. The van der Waals surface area contributed by atoms with E-state index in [-0.39, 0.29) is 12.1 Å². The van der Waals surface area contributed by atoms with Gasteiger partial charge in [-0.05, 0) is 30.5 Å². The van der Waals surface area contributed by atoms with Crippen LogP contribution < -0.4 is 10.1 Å². The Labute approximate surface area is 136 Å². The molecular weight excluding hydrogens is 292 g/mol. The highest BCUT2D eigenvalue weighted by atomic mass is 16.5. The number of carbonyl (C=O) groups excluding carboxylic acids is 1. The molecule has 6 nitrogen and oxygen atoms in total. The molecule has 0 spiro atoms. The number of hydrogen-bond acceptors (Lipinski definition) is 3. The summed E-state index contributed by atoms with van der Waals surface area (Å²) in [5.74, 6) is 0.829. The third-order valence-electron chi connectivity index (χ3n) is 4.20. The van der Waals surface area contributed by atoms with Crippen LogP contribution in [0.25, 0.3) is 0 Å². The number of amides is 2. The standard InChI is InChI=1S/C17H22N4O2/c1-23-15-5-2-4-14(12-15)16-6-3-9-21(16)17(22)19-8-11-20-10-7-18-13-20/h2,4-5,7,10,12-13,16H,3,6,8-9,11H2,1H3,(H,19,22). The molecule has 2 amide bonds. The molecule has 1 fully saturated rings. The van der Waals surface area contributed by atoms with Crippen LogP contribution in [0.2, 0.25) is 0 Å². The number of likely N-dealkylation sites (tertiary alicyclic amines) is 1. The monoisotopic (exact) mass is 314 g/mol. The number of nitrogens with one attached hydrogen (secondary N) is 1. The van der Waals surface area contributed by atoms with Gasteiger partial charge in [-0.25, -0.2) is 9.78 Å². The number of urea groups is 1. The number of benzene rings is 1. The van der Waals surface area contributed by atoms with E-state index in [1.54, 1.807) is 19.6 Å². The second kappa shape index (κ2) is 7.17. The van der Waals surface area contributed by atoms with Gasteiger partial charge in [0.2, 0.25) is 0 Å². The summed E-state index contributed by atoms with van der Waals surface area (Å²) in [6.45, 7) is 2.11. The average Bonchev–Trinajstić information content (AvgIpc) is 3.26. The molecule has 23 heavy (non-hydrogen) atoms. The molecule has 3 rings (SSSR count). The van der Waals surface area contributed by atoms with Gasteiger partial charge in [-0.1, -0.05) is 12.1 Å². The van der Waals surface area contributed by atoms with Crippen LogP contribution in [0, 0.1) is 0 Å². The summed E-state index contributed by atoms with van der Waals surface area (Å²) in [6, 6.07) is 8.09. The fourth-order valence-electron chi connectivity index (χ4n) is 3.02. The molecular formula is C17H22N4O2. The van der Waals surface area contributed by atoms with E-state index in [2.05, 4.69) is 16.4 Å². The summed E-state index contributed by atoms with van der Waals surface area (Å²) in [5.41, 5.74) is 1.13. The Morgan fingerprint density at radius 2 is 2.39 bits per heavy atom. The van der Waals surface area contributed by atoms with Crippen LogP contribution in [0.15, 0.2) is 43.0 Å². The normalized spacial score (nSPS) is 17.3. The maximum absolute atomic E-state index is 12.5. The number of aromatic nitrogens is 2. The lowest BCUT2D eigenvalue weighted by atomic mass is 10.0. The van der Waals surface area contributed by atoms with Gasteiger partial charge in [0.05, 0.1) is 19.5 Å². The Bertz CT molecular complexity index is 642. The largest absolute Gasteiger partial charge is 0.497 e. The van der Waals surface area contributed by atoms with E-state index in [0.717, 1.165) is 37.2 Å². The molecule has 2 aromatic rings. The van der Waals surface area contributed by atoms with Crippen LogP contribution in [-0.2, 0) is 6.54 Å². The maximum Gasteiger partial charge on any atom is 0.317 e. The van der Waals surface area contributed by atoms with Crippen LogP contribution in [0.5, 0.6) is 5.75 Å². The number of imidazole rings is 1. The fourth-order valence-corrected chi connectivity index (χ4v) is 3.02. The number of nitrogens with zero attached hydrogens (tertiary/aromatic N) is 3. The Hall–Kier alpha value is -2.50. The zero-order chi connectivity index (χ0) is 16.1. The molecule has 0 saturated carbocycles. The second-order valence-electron chi connectivity index (χ2n) is 5.66. The van der Waals surface area contributed by atoms with Crippen molar-refractivity contribution < 1.29 is 9.53 Å². The van der Waals surface area contributed by atoms with Crippen LogP contribution >= 0.6 is 0 Å². The van der Waals surface area contributed by atoms with Gasteiger partial charge in [0.15, 0.2) is 0 Å². The Morgan fingerprint density at radius 1 is 1.48 bits per heavy atom. The predicted octanol–water partition coefficient (Wildman–Crippen LogP) is 2.44. The third kappa shape index (κ3) is 3.64. The van der Waals surface area contributed by atoms with Crippen molar-refractivity contribution in [3.05, 3.63) is 48.5 Å². The molecule has 1 aliphatic rings. The van der Waals surface area contributed by atoms with Gasteiger partial charge >= 0.3 is 6.03 Å². The van der Waals surface area contributed by atoms with Gasteiger partial charge < -0.3 is 19.5 Å². The highest BCUT2D eigenvalue weighted by Crippen LogP contribution is 2.33. The minimum atomic E-state index is -0.00423. The lowest BCUT2D eigenvalue weighted by molar-refractivity contribution is 0.192. The first-order valence-corrected chi connectivity index (χ1v) is 7.92. The van der Waals surface area contributed by atoms with Crippen molar-refractivity contribution in [2.24, 2.45) is 0 Å². The van der Waals surface area contributed by atoms with Gasteiger partial charge in [-0.15, -0.1) is 0 Å². The van der Waals surface area contributed by atoms with E-state index in [1.807, 2.05) is 33.9 Å². The summed E-state index contributed by atoms with van der Waals surface area (Å²) in [5, 5.41) is 3.00. The van der Waals surface area contributed by atoms with Crippen LogP contribution in [-0.4, -0.2) is 40.7 Å². The highest BCUT2D eigenvalue weighted by Gasteiger charge is 2.29. The minimum Gasteiger partial charge on any atom is -0.497 e. The number of rotatable bonds is 5. The van der Waals surface area contributed by atoms with Gasteiger partial charge in [0.25, 0.3) is 0 Å². The third-order valence-corrected chi connectivity index (χ3v) is 4.20.